The molecule has 5 aromatic heterocycles. The number of pyridine rings is 2. The van der Waals surface area contributed by atoms with Crippen molar-refractivity contribution < 1.29 is 28.9 Å². The Hall–Kier alpha value is -10.6. The zero-order valence-corrected chi connectivity index (χ0v) is 55.3. The molecule has 0 bridgehead atoms. The molecule has 94 heavy (non-hydrogen) atoms. The Morgan fingerprint density at radius 3 is 1.78 bits per heavy atom. The summed E-state index contributed by atoms with van der Waals surface area (Å²) < 4.78 is 15.4. The van der Waals surface area contributed by atoms with Crippen LogP contribution < -0.4 is 0 Å². The second kappa shape index (κ2) is 26.9. The fourth-order valence-electron chi connectivity index (χ4n) is 13.2. The first-order valence-corrected chi connectivity index (χ1v) is 32.2. The van der Waals surface area contributed by atoms with Gasteiger partial charge in [-0.25, -0.2) is 0 Å². The van der Waals surface area contributed by atoms with Gasteiger partial charge in [0.05, 0.1) is 11.4 Å². The van der Waals surface area contributed by atoms with Crippen molar-refractivity contribution in [3.05, 3.63) is 325 Å². The molecule has 11 aromatic carbocycles. The van der Waals surface area contributed by atoms with Crippen LogP contribution in [0, 0.1) is 18.2 Å². The van der Waals surface area contributed by atoms with Crippen LogP contribution in [0.25, 0.3) is 128 Å². The summed E-state index contributed by atoms with van der Waals surface area (Å²) in [5, 5.41) is 6.66. The molecule has 0 amide bonds. The van der Waals surface area contributed by atoms with Crippen LogP contribution in [-0.4, -0.2) is 19.5 Å². The Bertz CT molecular complexity index is 5160. The average Bonchev–Trinajstić information content (AvgIpc) is 1.54. The van der Waals surface area contributed by atoms with Crippen LogP contribution in [-0.2, 0) is 45.8 Å². The van der Waals surface area contributed by atoms with Gasteiger partial charge in [-0.15, -0.1) is 89.5 Å². The molecular formula is C87H67IrN4O2. The van der Waals surface area contributed by atoms with Crippen LogP contribution in [0.1, 0.15) is 72.9 Å². The van der Waals surface area contributed by atoms with Gasteiger partial charge in [0.15, 0.2) is 0 Å². The molecule has 16 rings (SSSR count). The number of benzene rings is 11. The van der Waals surface area contributed by atoms with E-state index in [0.29, 0.717) is 0 Å². The van der Waals surface area contributed by atoms with Crippen molar-refractivity contribution in [2.75, 3.05) is 0 Å². The van der Waals surface area contributed by atoms with Crippen LogP contribution in [0.4, 0.5) is 0 Å². The number of aryl methyl sites for hydroxylation is 4. The number of para-hydroxylation sites is 1. The van der Waals surface area contributed by atoms with E-state index in [0.717, 1.165) is 125 Å². The van der Waals surface area contributed by atoms with Gasteiger partial charge in [0.25, 0.3) is 0 Å². The van der Waals surface area contributed by atoms with Crippen LogP contribution in [0.5, 0.6) is 0 Å². The van der Waals surface area contributed by atoms with Crippen LogP contribution in [0.3, 0.4) is 0 Å². The third-order valence-corrected chi connectivity index (χ3v) is 18.1. The van der Waals surface area contributed by atoms with Crippen molar-refractivity contribution in [2.45, 2.75) is 65.2 Å². The van der Waals surface area contributed by atoms with Crippen molar-refractivity contribution in [3.63, 3.8) is 0 Å². The quantitative estimate of drug-likeness (QED) is 0.0957. The van der Waals surface area contributed by atoms with Crippen molar-refractivity contribution in [2.24, 2.45) is 0 Å². The minimum atomic E-state index is 0. The summed E-state index contributed by atoms with van der Waals surface area (Å²) in [6.45, 7) is 9.08. The standard InChI is InChI=1S/C49H37N2O2.C38H30N2.Ir/c1-29(2)42-26-35(33-18-21-38-37-13-8-9-16-44(37)52-45(38)28-33)27-43(30(3)4)46(42)51-24-23-50-49(51)41-15-10-14-39-40-22-19-34-25-32(31-11-6-5-7-12-31)17-20-36(34)47(40)53-48(39)41;1-2-12-33(13-3-1)38-26-21-30(28-40-38)20-23-32-11-5-7-15-36(32)35-14-6-4-10-31(35)22-17-29-18-24-34(25-19-29)37-16-8-9-27-39-37;/h5-14,16-30H,1-4H3;1-12,14-16,18-19,21,24,26-28H,17,20,22-23H2;/q-1;-2;+3. The first kappa shape index (κ1) is 61.0. The molecule has 0 unspecified atom stereocenters. The Morgan fingerprint density at radius 2 is 1.06 bits per heavy atom. The second-order valence-corrected chi connectivity index (χ2v) is 24.7. The van der Waals surface area contributed by atoms with E-state index in [1.807, 2.05) is 79.3 Å². The average molecular weight is 1390 g/mol. The molecule has 6 nitrogen and oxygen atoms in total. The number of hydrogen-bond donors (Lipinski definition) is 0. The molecule has 0 saturated heterocycles. The summed E-state index contributed by atoms with van der Waals surface area (Å²) in [6.07, 6.45) is 11.7. The zero-order chi connectivity index (χ0) is 62.8. The molecule has 0 spiro atoms. The minimum Gasteiger partial charge on any atom is -0.500 e. The first-order chi connectivity index (χ1) is 45.8. The van der Waals surface area contributed by atoms with Gasteiger partial charge in [0.1, 0.15) is 16.7 Å². The van der Waals surface area contributed by atoms with Gasteiger partial charge in [0.2, 0.25) is 0 Å². The summed E-state index contributed by atoms with van der Waals surface area (Å²) in [5.74, 6) is 1.32. The summed E-state index contributed by atoms with van der Waals surface area (Å²) in [7, 11) is 0. The molecule has 16 aromatic rings. The number of fused-ring (bicyclic) bond motifs is 8. The number of nitrogens with zero attached hydrogens (tertiary/aromatic N) is 4. The van der Waals surface area contributed by atoms with Gasteiger partial charge in [-0.3, -0.25) is 4.98 Å². The molecule has 0 N–H and O–H groups in total. The van der Waals surface area contributed by atoms with E-state index >= 15 is 0 Å². The molecule has 5 heterocycles. The smallest absolute Gasteiger partial charge is 0.500 e. The third-order valence-electron chi connectivity index (χ3n) is 18.1. The van der Waals surface area contributed by atoms with Crippen molar-refractivity contribution in [1.82, 2.24) is 19.5 Å². The van der Waals surface area contributed by atoms with Crippen molar-refractivity contribution in [1.29, 1.82) is 0 Å². The van der Waals surface area contributed by atoms with E-state index < -0.39 is 0 Å². The van der Waals surface area contributed by atoms with E-state index in [4.69, 9.17) is 18.8 Å². The van der Waals surface area contributed by atoms with Gasteiger partial charge in [-0.2, -0.15) is 0 Å². The fraction of sp³-hybridized carbons (Fsp3) is 0.115. The maximum absolute atomic E-state index is 6.85. The van der Waals surface area contributed by atoms with E-state index in [1.54, 1.807) is 0 Å². The van der Waals surface area contributed by atoms with Crippen LogP contribution in [0.15, 0.2) is 282 Å². The molecule has 0 radical (unpaired) electrons. The van der Waals surface area contributed by atoms with Gasteiger partial charge in [-0.05, 0) is 152 Å². The number of furan rings is 2. The molecule has 0 fully saturated rings. The topological polar surface area (TPSA) is 69.9 Å². The molecule has 7 heteroatoms. The maximum Gasteiger partial charge on any atom is 3.00 e. The summed E-state index contributed by atoms with van der Waals surface area (Å²) in [4.78, 5) is 14.1. The molecule has 0 aliphatic carbocycles. The molecule has 0 saturated carbocycles. The van der Waals surface area contributed by atoms with Gasteiger partial charge in [0, 0.05) is 52.0 Å². The van der Waals surface area contributed by atoms with E-state index in [9.17, 15) is 0 Å². The minimum absolute atomic E-state index is 0. The molecule has 0 atom stereocenters. The number of imidazole rings is 1. The monoisotopic (exact) mass is 1390 g/mol. The summed E-state index contributed by atoms with van der Waals surface area (Å²) in [5.41, 5.74) is 24.6. The fourth-order valence-corrected chi connectivity index (χ4v) is 13.2. The van der Waals surface area contributed by atoms with Crippen molar-refractivity contribution in [3.8, 4) is 73.0 Å². The Labute approximate surface area is 562 Å². The number of aromatic nitrogens is 4. The summed E-state index contributed by atoms with van der Waals surface area (Å²) in [6, 6.07) is 97.7. The predicted octanol–water partition coefficient (Wildman–Crippen LogP) is 22.5. The van der Waals surface area contributed by atoms with Crippen LogP contribution in [0.2, 0.25) is 0 Å². The van der Waals surface area contributed by atoms with Crippen molar-refractivity contribution >= 4 is 54.6 Å². The largest absolute Gasteiger partial charge is 3.00 e. The van der Waals surface area contributed by atoms with Crippen LogP contribution >= 0.6 is 0 Å². The zero-order valence-electron chi connectivity index (χ0n) is 52.9. The molecule has 456 valence electrons. The van der Waals surface area contributed by atoms with Gasteiger partial charge >= 0.3 is 20.1 Å². The van der Waals surface area contributed by atoms with E-state index in [2.05, 4.69) is 250 Å². The second-order valence-electron chi connectivity index (χ2n) is 24.7. The Kier molecular flexibility index (Phi) is 17.5. The molecule has 0 aliphatic heterocycles. The van der Waals surface area contributed by atoms with Gasteiger partial charge < -0.3 is 23.4 Å². The Morgan fingerprint density at radius 1 is 0.415 bits per heavy atom. The van der Waals surface area contributed by atoms with E-state index in [1.165, 1.54) is 61.2 Å². The molecular weight excluding hydrogens is 1330 g/mol. The third kappa shape index (κ3) is 12.2. The number of rotatable bonds is 15. The van der Waals surface area contributed by atoms with E-state index in [-0.39, 0.29) is 31.9 Å². The Balaban J connectivity index is 0.000000167. The SMILES string of the molecule is CC(C)c1cc(-c2ccc3c(c2)oc2ccccc23)cc(C(C)C)c1-n1ccnc1-c1[c-]ccc2c1oc1c3ccc(-c4ccccc4)cc3ccc21.[Ir+3].[c-]1cc(CCc2ccccc2-c2ccccc2CCc2ccc(-c3[c-]cccc3)nc2)ccc1-c1ccccn1. The summed E-state index contributed by atoms with van der Waals surface area (Å²) >= 11 is 0. The predicted molar refractivity (Wildman–Crippen MR) is 383 cm³/mol. The maximum atomic E-state index is 6.85. The first-order valence-electron chi connectivity index (χ1n) is 32.2. The normalized spacial score (nSPS) is 11.5. The van der Waals surface area contributed by atoms with Gasteiger partial charge in [-0.1, -0.05) is 197 Å². The molecule has 0 aliphatic rings. The number of hydrogen-bond acceptors (Lipinski definition) is 5.